The smallest absolute Gasteiger partial charge is 0.330 e. The van der Waals surface area contributed by atoms with Crippen LogP contribution in [0.25, 0.3) is 0 Å². The van der Waals surface area contributed by atoms with E-state index >= 15 is 0 Å². The fraction of sp³-hybridized carbons (Fsp3) is 0.625. The molecule has 0 saturated heterocycles. The number of hydrogen-bond donors (Lipinski definition) is 0. The third kappa shape index (κ3) is 5.26. The Morgan fingerprint density at radius 2 is 1.32 bits per heavy atom. The van der Waals surface area contributed by atoms with Crippen molar-refractivity contribution in [3.63, 3.8) is 0 Å². The van der Waals surface area contributed by atoms with Crippen LogP contribution in [0, 0.1) is 22.2 Å². The Hall–Kier alpha value is -2.41. The SMILES string of the molecule is C=CC(=O)OCC(COC(=O)C=C)(COC(=O)C=C)COC1CC2CCC1(C)C2(C)C. The molecule has 2 saturated carbocycles. The van der Waals surface area contributed by atoms with Crippen molar-refractivity contribution in [3.8, 4) is 0 Å². The Bertz CT molecular complexity index is 678. The quantitative estimate of drug-likeness (QED) is 0.264. The van der Waals surface area contributed by atoms with E-state index in [4.69, 9.17) is 18.9 Å². The van der Waals surface area contributed by atoms with Gasteiger partial charge in [0.15, 0.2) is 0 Å². The summed E-state index contributed by atoms with van der Waals surface area (Å²) in [6.45, 7) is 16.5. The molecule has 0 aromatic carbocycles. The molecule has 7 nitrogen and oxygen atoms in total. The third-order valence-corrected chi connectivity index (χ3v) is 7.37. The molecule has 2 aliphatic carbocycles. The highest BCUT2D eigenvalue weighted by molar-refractivity contribution is 5.82. The lowest BCUT2D eigenvalue weighted by Gasteiger charge is -2.41. The predicted molar refractivity (Wildman–Crippen MR) is 115 cm³/mol. The highest BCUT2D eigenvalue weighted by atomic mass is 16.6. The van der Waals surface area contributed by atoms with Gasteiger partial charge in [-0.2, -0.15) is 0 Å². The van der Waals surface area contributed by atoms with Crippen molar-refractivity contribution in [2.45, 2.75) is 46.1 Å². The lowest BCUT2D eigenvalue weighted by Crippen LogP contribution is -2.46. The first-order valence-electron chi connectivity index (χ1n) is 10.5. The average molecular weight is 435 g/mol. The fourth-order valence-corrected chi connectivity index (χ4v) is 4.76. The second-order valence-electron chi connectivity index (χ2n) is 9.35. The van der Waals surface area contributed by atoms with Crippen LogP contribution in [0.15, 0.2) is 38.0 Å². The second-order valence-corrected chi connectivity index (χ2v) is 9.35. The zero-order valence-electron chi connectivity index (χ0n) is 18.8. The second kappa shape index (κ2) is 9.81. The van der Waals surface area contributed by atoms with Gasteiger partial charge in [0.25, 0.3) is 0 Å². The molecule has 172 valence electrons. The van der Waals surface area contributed by atoms with Crippen LogP contribution in [-0.2, 0) is 33.3 Å². The van der Waals surface area contributed by atoms with E-state index in [0.29, 0.717) is 5.92 Å². The molecule has 0 amide bonds. The van der Waals surface area contributed by atoms with Crippen LogP contribution in [-0.4, -0.2) is 50.4 Å². The van der Waals surface area contributed by atoms with Crippen molar-refractivity contribution in [1.82, 2.24) is 0 Å². The Kier molecular flexibility index (Phi) is 7.87. The summed E-state index contributed by atoms with van der Waals surface area (Å²) in [4.78, 5) is 35.2. The Balaban J connectivity index is 2.21. The summed E-state index contributed by atoms with van der Waals surface area (Å²) in [5.41, 5.74) is -0.921. The molecule has 0 radical (unpaired) electrons. The number of ether oxygens (including phenoxy) is 4. The van der Waals surface area contributed by atoms with Crippen molar-refractivity contribution in [2.24, 2.45) is 22.2 Å². The van der Waals surface area contributed by atoms with Crippen LogP contribution in [0.5, 0.6) is 0 Å². The highest BCUT2D eigenvalue weighted by Crippen LogP contribution is 2.66. The minimum atomic E-state index is -1.08. The van der Waals surface area contributed by atoms with E-state index in [-0.39, 0.29) is 43.4 Å². The first kappa shape index (κ1) is 24.9. The minimum Gasteiger partial charge on any atom is -0.462 e. The normalized spacial score (nSPS) is 26.0. The lowest BCUT2D eigenvalue weighted by atomic mass is 9.70. The molecule has 0 aromatic rings. The Morgan fingerprint density at radius 1 is 0.871 bits per heavy atom. The van der Waals surface area contributed by atoms with E-state index in [0.717, 1.165) is 31.1 Å². The number of esters is 3. The molecule has 3 atom stereocenters. The largest absolute Gasteiger partial charge is 0.462 e. The molecule has 2 bridgehead atoms. The van der Waals surface area contributed by atoms with Crippen LogP contribution in [0.4, 0.5) is 0 Å². The van der Waals surface area contributed by atoms with Gasteiger partial charge >= 0.3 is 17.9 Å². The van der Waals surface area contributed by atoms with Crippen LogP contribution in [0.2, 0.25) is 0 Å². The predicted octanol–water partition coefficient (Wildman–Crippen LogP) is 3.39. The van der Waals surface area contributed by atoms with Gasteiger partial charge in [0.2, 0.25) is 0 Å². The van der Waals surface area contributed by atoms with Gasteiger partial charge in [0.05, 0.1) is 18.1 Å². The summed E-state index contributed by atoms with van der Waals surface area (Å²) < 4.78 is 22.2. The van der Waals surface area contributed by atoms with E-state index in [9.17, 15) is 14.4 Å². The van der Waals surface area contributed by atoms with E-state index in [1.165, 1.54) is 6.42 Å². The molecule has 0 spiro atoms. The maximum Gasteiger partial charge on any atom is 0.330 e. The summed E-state index contributed by atoms with van der Waals surface area (Å²) >= 11 is 0. The monoisotopic (exact) mass is 434 g/mol. The highest BCUT2D eigenvalue weighted by Gasteiger charge is 2.62. The average Bonchev–Trinajstić information content (AvgIpc) is 3.10. The molecular weight excluding hydrogens is 400 g/mol. The van der Waals surface area contributed by atoms with Gasteiger partial charge in [-0.15, -0.1) is 0 Å². The maximum absolute atomic E-state index is 11.7. The number of fused-ring (bicyclic) bond motifs is 2. The topological polar surface area (TPSA) is 88.1 Å². The Labute approximate surface area is 184 Å². The van der Waals surface area contributed by atoms with E-state index < -0.39 is 23.3 Å². The summed E-state index contributed by atoms with van der Waals surface area (Å²) in [5.74, 6) is -1.33. The maximum atomic E-state index is 11.7. The Morgan fingerprint density at radius 3 is 1.65 bits per heavy atom. The molecule has 3 unspecified atom stereocenters. The third-order valence-electron chi connectivity index (χ3n) is 7.37. The van der Waals surface area contributed by atoms with Gasteiger partial charge in [-0.1, -0.05) is 40.5 Å². The lowest BCUT2D eigenvalue weighted by molar-refractivity contribution is -0.167. The molecule has 0 aromatic heterocycles. The first-order chi connectivity index (χ1) is 14.5. The number of rotatable bonds is 12. The van der Waals surface area contributed by atoms with Crippen molar-refractivity contribution < 1.29 is 33.3 Å². The molecule has 0 N–H and O–H groups in total. The van der Waals surface area contributed by atoms with Gasteiger partial charge in [-0.05, 0) is 36.0 Å². The van der Waals surface area contributed by atoms with E-state index in [1.54, 1.807) is 0 Å². The summed E-state index contributed by atoms with van der Waals surface area (Å²) in [5, 5.41) is 0. The number of hydrogen-bond acceptors (Lipinski definition) is 7. The summed E-state index contributed by atoms with van der Waals surface area (Å²) in [6.07, 6.45) is 6.31. The molecule has 0 aliphatic heterocycles. The zero-order valence-corrected chi connectivity index (χ0v) is 18.8. The van der Waals surface area contributed by atoms with Crippen molar-refractivity contribution >= 4 is 17.9 Å². The van der Waals surface area contributed by atoms with Crippen LogP contribution < -0.4 is 0 Å². The van der Waals surface area contributed by atoms with Gasteiger partial charge < -0.3 is 18.9 Å². The summed E-state index contributed by atoms with van der Waals surface area (Å²) in [6, 6.07) is 0. The molecule has 7 heteroatoms. The van der Waals surface area contributed by atoms with Gasteiger partial charge in [-0.25, -0.2) is 14.4 Å². The molecule has 2 aliphatic rings. The van der Waals surface area contributed by atoms with Crippen molar-refractivity contribution in [2.75, 3.05) is 26.4 Å². The zero-order chi connectivity index (χ0) is 23.3. The molecular formula is C24H34O7. The summed E-state index contributed by atoms with van der Waals surface area (Å²) in [7, 11) is 0. The standard InChI is InChI=1S/C24H34O7/c1-7-19(25)29-14-24(15-30-20(26)8-2,16-31-21(27)9-3)13-28-18-12-17-10-11-23(18,6)22(17,4)5/h7-9,17-18H,1-3,10-16H2,4-6H3. The fourth-order valence-electron chi connectivity index (χ4n) is 4.76. The minimum absolute atomic E-state index is 0.000873. The van der Waals surface area contributed by atoms with Crippen molar-refractivity contribution in [1.29, 1.82) is 0 Å². The first-order valence-corrected chi connectivity index (χ1v) is 10.5. The molecule has 2 fully saturated rings. The van der Waals surface area contributed by atoms with Gasteiger partial charge in [0, 0.05) is 18.2 Å². The number of carbonyl (C=O) groups is 3. The van der Waals surface area contributed by atoms with Crippen molar-refractivity contribution in [3.05, 3.63) is 38.0 Å². The van der Waals surface area contributed by atoms with Gasteiger partial charge in [0.1, 0.15) is 19.8 Å². The molecule has 0 heterocycles. The van der Waals surface area contributed by atoms with Crippen LogP contribution in [0.1, 0.15) is 40.0 Å². The van der Waals surface area contributed by atoms with Crippen LogP contribution in [0.3, 0.4) is 0 Å². The molecule has 31 heavy (non-hydrogen) atoms. The van der Waals surface area contributed by atoms with Crippen LogP contribution >= 0.6 is 0 Å². The molecule has 2 rings (SSSR count). The van der Waals surface area contributed by atoms with E-state index in [2.05, 4.69) is 40.5 Å². The van der Waals surface area contributed by atoms with E-state index in [1.807, 2.05) is 0 Å². The number of carbonyl (C=O) groups excluding carboxylic acids is 3. The van der Waals surface area contributed by atoms with Gasteiger partial charge in [-0.3, -0.25) is 0 Å².